The summed E-state index contributed by atoms with van der Waals surface area (Å²) >= 11 is 0. The summed E-state index contributed by atoms with van der Waals surface area (Å²) in [5, 5.41) is 7.21. The molecule has 1 unspecified atom stereocenters. The van der Waals surface area contributed by atoms with Gasteiger partial charge in [-0.2, -0.15) is 5.10 Å². The molecule has 1 aromatic carbocycles. The van der Waals surface area contributed by atoms with Crippen LogP contribution in [0, 0.1) is 13.8 Å². The van der Waals surface area contributed by atoms with Crippen molar-refractivity contribution in [1.29, 1.82) is 0 Å². The maximum absolute atomic E-state index is 12.0. The molecule has 2 aromatic rings. The summed E-state index contributed by atoms with van der Waals surface area (Å²) in [5.74, 6) is 0.226. The first kappa shape index (κ1) is 15.1. The van der Waals surface area contributed by atoms with Gasteiger partial charge in [0.1, 0.15) is 6.54 Å². The maximum Gasteiger partial charge on any atom is 0.241 e. The van der Waals surface area contributed by atoms with Gasteiger partial charge in [-0.1, -0.05) is 37.3 Å². The van der Waals surface area contributed by atoms with Crippen molar-refractivity contribution in [3.05, 3.63) is 47.3 Å². The number of anilines is 1. The number of benzene rings is 1. The Morgan fingerprint density at radius 2 is 2.00 bits per heavy atom. The van der Waals surface area contributed by atoms with Crippen LogP contribution in [0.5, 0.6) is 0 Å². The van der Waals surface area contributed by atoms with Gasteiger partial charge >= 0.3 is 0 Å². The van der Waals surface area contributed by atoms with Gasteiger partial charge in [-0.25, -0.2) is 0 Å². The van der Waals surface area contributed by atoms with Crippen LogP contribution in [0.3, 0.4) is 0 Å². The number of hydrogen-bond donors (Lipinski definition) is 2. The summed E-state index contributed by atoms with van der Waals surface area (Å²) in [6.45, 7) is 6.61. The van der Waals surface area contributed by atoms with Crippen molar-refractivity contribution in [3.8, 4) is 0 Å². The molecule has 0 radical (unpaired) electrons. The number of aromatic nitrogens is 2. The third-order valence-corrected chi connectivity index (χ3v) is 3.70. The van der Waals surface area contributed by atoms with Crippen molar-refractivity contribution in [1.82, 2.24) is 15.1 Å². The fourth-order valence-corrected chi connectivity index (χ4v) is 2.22. The zero-order valence-corrected chi connectivity index (χ0v) is 12.8. The molecule has 1 amide bonds. The van der Waals surface area contributed by atoms with Crippen LogP contribution in [-0.2, 0) is 11.3 Å². The van der Waals surface area contributed by atoms with Crippen LogP contribution in [0.15, 0.2) is 30.3 Å². The fraction of sp³-hybridized carbons (Fsp3) is 0.375. The van der Waals surface area contributed by atoms with Crippen molar-refractivity contribution in [2.75, 3.05) is 12.3 Å². The third kappa shape index (κ3) is 3.62. The van der Waals surface area contributed by atoms with Gasteiger partial charge in [0.05, 0.1) is 17.1 Å². The molecule has 0 saturated carbocycles. The molecule has 2 rings (SSSR count). The van der Waals surface area contributed by atoms with Crippen LogP contribution >= 0.6 is 0 Å². The lowest BCUT2D eigenvalue weighted by molar-refractivity contribution is -0.121. The van der Waals surface area contributed by atoms with Gasteiger partial charge in [-0.15, -0.1) is 0 Å². The number of nitrogens with one attached hydrogen (secondary N) is 1. The number of carbonyl (C=O) groups excluding carboxylic acids is 1. The van der Waals surface area contributed by atoms with Gasteiger partial charge < -0.3 is 11.1 Å². The molecule has 0 saturated heterocycles. The van der Waals surface area contributed by atoms with Crippen LogP contribution in [0.1, 0.15) is 29.8 Å². The molecule has 1 aromatic heterocycles. The normalized spacial score (nSPS) is 12.1. The first-order valence-corrected chi connectivity index (χ1v) is 7.10. The number of aryl methyl sites for hydroxylation is 1. The molecule has 112 valence electrons. The molecule has 0 aliphatic carbocycles. The van der Waals surface area contributed by atoms with E-state index < -0.39 is 0 Å². The molecule has 21 heavy (non-hydrogen) atoms. The Morgan fingerprint density at radius 1 is 1.33 bits per heavy atom. The highest BCUT2D eigenvalue weighted by atomic mass is 16.2. The van der Waals surface area contributed by atoms with Crippen molar-refractivity contribution in [3.63, 3.8) is 0 Å². The van der Waals surface area contributed by atoms with Gasteiger partial charge in [-0.05, 0) is 25.3 Å². The number of rotatable bonds is 5. The Labute approximate surface area is 125 Å². The molecule has 0 fully saturated rings. The second kappa shape index (κ2) is 6.43. The van der Waals surface area contributed by atoms with E-state index in [2.05, 4.69) is 29.5 Å². The predicted molar refractivity (Wildman–Crippen MR) is 84.0 cm³/mol. The molecule has 3 N–H and O–H groups in total. The lowest BCUT2D eigenvalue weighted by atomic mass is 10.0. The standard InChI is InChI=1S/C16H22N4O/c1-11(14-7-5-4-6-8-14)9-18-15(21)10-20-13(3)16(17)12(2)19-20/h4-8,11H,9-10,17H2,1-3H3,(H,18,21). The number of carbonyl (C=O) groups is 1. The minimum absolute atomic E-state index is 0.0524. The van der Waals surface area contributed by atoms with Gasteiger partial charge in [0.25, 0.3) is 0 Å². The molecule has 1 atom stereocenters. The second-order valence-electron chi connectivity index (χ2n) is 5.36. The summed E-state index contributed by atoms with van der Waals surface area (Å²) < 4.78 is 1.65. The lowest BCUT2D eigenvalue weighted by Gasteiger charge is -2.13. The Hall–Kier alpha value is -2.30. The van der Waals surface area contributed by atoms with Gasteiger partial charge in [0.2, 0.25) is 5.91 Å². The number of amides is 1. The molecule has 5 heteroatoms. The zero-order chi connectivity index (χ0) is 15.4. The first-order valence-electron chi connectivity index (χ1n) is 7.10. The SMILES string of the molecule is Cc1nn(CC(=O)NCC(C)c2ccccc2)c(C)c1N. The largest absolute Gasteiger partial charge is 0.396 e. The van der Waals surface area contributed by atoms with E-state index in [0.717, 1.165) is 11.4 Å². The summed E-state index contributed by atoms with van der Waals surface area (Å²) in [6.07, 6.45) is 0. The zero-order valence-electron chi connectivity index (χ0n) is 12.8. The second-order valence-corrected chi connectivity index (χ2v) is 5.36. The van der Waals surface area contributed by atoms with Crippen LogP contribution in [0.2, 0.25) is 0 Å². The van der Waals surface area contributed by atoms with Crippen molar-refractivity contribution < 1.29 is 4.79 Å². The number of nitrogen functional groups attached to an aromatic ring is 1. The molecular weight excluding hydrogens is 264 g/mol. The Morgan fingerprint density at radius 3 is 2.57 bits per heavy atom. The predicted octanol–water partition coefficient (Wildman–Crippen LogP) is 2.00. The monoisotopic (exact) mass is 286 g/mol. The summed E-state index contributed by atoms with van der Waals surface area (Å²) in [5.41, 5.74) is 9.32. The van der Waals surface area contributed by atoms with Gasteiger partial charge in [-0.3, -0.25) is 9.48 Å². The lowest BCUT2D eigenvalue weighted by Crippen LogP contribution is -2.31. The summed E-state index contributed by atoms with van der Waals surface area (Å²) in [6, 6.07) is 10.1. The topological polar surface area (TPSA) is 72.9 Å². The Kier molecular flexibility index (Phi) is 4.62. The highest BCUT2D eigenvalue weighted by Crippen LogP contribution is 2.15. The molecule has 0 spiro atoms. The molecule has 0 bridgehead atoms. The van der Waals surface area contributed by atoms with Crippen LogP contribution < -0.4 is 11.1 Å². The van der Waals surface area contributed by atoms with Gasteiger partial charge in [0, 0.05) is 6.54 Å². The molecule has 1 heterocycles. The van der Waals surface area contributed by atoms with Crippen LogP contribution in [-0.4, -0.2) is 22.2 Å². The maximum atomic E-state index is 12.0. The van der Waals surface area contributed by atoms with Gasteiger partial charge in [0.15, 0.2) is 0 Å². The van der Waals surface area contributed by atoms with Crippen molar-refractivity contribution in [2.24, 2.45) is 0 Å². The van der Waals surface area contributed by atoms with E-state index in [0.29, 0.717) is 12.2 Å². The fourth-order valence-electron chi connectivity index (χ4n) is 2.22. The number of nitrogens with two attached hydrogens (primary N) is 1. The molecule has 5 nitrogen and oxygen atoms in total. The summed E-state index contributed by atoms with van der Waals surface area (Å²) in [7, 11) is 0. The van der Waals surface area contributed by atoms with Crippen LogP contribution in [0.4, 0.5) is 5.69 Å². The van der Waals surface area contributed by atoms with E-state index in [1.807, 2.05) is 32.0 Å². The first-order chi connectivity index (χ1) is 9.99. The van der Waals surface area contributed by atoms with E-state index in [4.69, 9.17) is 5.73 Å². The highest BCUT2D eigenvalue weighted by Gasteiger charge is 2.12. The Balaban J connectivity index is 1.89. The van der Waals surface area contributed by atoms with E-state index in [-0.39, 0.29) is 18.4 Å². The summed E-state index contributed by atoms with van der Waals surface area (Å²) in [4.78, 5) is 12.0. The quantitative estimate of drug-likeness (QED) is 0.883. The average Bonchev–Trinajstić information content (AvgIpc) is 2.73. The average molecular weight is 286 g/mol. The van der Waals surface area contributed by atoms with Crippen molar-refractivity contribution >= 4 is 11.6 Å². The highest BCUT2D eigenvalue weighted by molar-refractivity contribution is 5.76. The van der Waals surface area contributed by atoms with Crippen LogP contribution in [0.25, 0.3) is 0 Å². The number of hydrogen-bond acceptors (Lipinski definition) is 3. The number of nitrogens with zero attached hydrogens (tertiary/aromatic N) is 2. The Bertz CT molecular complexity index is 619. The molecule has 0 aliphatic heterocycles. The minimum atomic E-state index is -0.0524. The smallest absolute Gasteiger partial charge is 0.241 e. The molecule has 0 aliphatic rings. The van der Waals surface area contributed by atoms with Crippen molar-refractivity contribution in [2.45, 2.75) is 33.2 Å². The van der Waals surface area contributed by atoms with E-state index >= 15 is 0 Å². The van der Waals surface area contributed by atoms with E-state index in [1.54, 1.807) is 4.68 Å². The minimum Gasteiger partial charge on any atom is -0.396 e. The molecular formula is C16H22N4O. The van der Waals surface area contributed by atoms with E-state index in [9.17, 15) is 4.79 Å². The van der Waals surface area contributed by atoms with E-state index in [1.165, 1.54) is 5.56 Å². The third-order valence-electron chi connectivity index (χ3n) is 3.70.